The molecule has 0 saturated carbocycles. The van der Waals surface area contributed by atoms with E-state index < -0.39 is 11.7 Å². The Labute approximate surface area is 180 Å². The molecule has 0 aliphatic rings. The number of anilines is 1. The van der Waals surface area contributed by atoms with Gasteiger partial charge in [0.15, 0.2) is 6.10 Å². The third-order valence-electron chi connectivity index (χ3n) is 4.99. The number of amides is 2. The lowest BCUT2D eigenvalue weighted by molar-refractivity contribution is -0.122. The molecule has 0 spiro atoms. The van der Waals surface area contributed by atoms with E-state index in [1.165, 1.54) is 6.07 Å². The van der Waals surface area contributed by atoms with Gasteiger partial charge in [0.05, 0.1) is 11.8 Å². The first-order valence-corrected chi connectivity index (χ1v) is 10.2. The minimum atomic E-state index is -0.824. The van der Waals surface area contributed by atoms with Crippen molar-refractivity contribution in [3.8, 4) is 5.75 Å². The summed E-state index contributed by atoms with van der Waals surface area (Å²) in [6.07, 6.45) is -0.0480. The first-order chi connectivity index (χ1) is 14.8. The van der Waals surface area contributed by atoms with Crippen LogP contribution < -0.4 is 21.0 Å². The second-order valence-electron chi connectivity index (χ2n) is 7.34. The van der Waals surface area contributed by atoms with Crippen LogP contribution in [0.2, 0.25) is 0 Å². The summed E-state index contributed by atoms with van der Waals surface area (Å²) >= 11 is 0. The molecule has 0 aliphatic carbocycles. The Morgan fingerprint density at radius 3 is 2.58 bits per heavy atom. The molecule has 1 unspecified atom stereocenters. The zero-order valence-electron chi connectivity index (χ0n) is 18.1. The molecule has 2 aromatic carbocycles. The van der Waals surface area contributed by atoms with Gasteiger partial charge in [-0.1, -0.05) is 25.1 Å². The van der Waals surface area contributed by atoms with Crippen molar-refractivity contribution in [3.63, 3.8) is 0 Å². The number of hydrogen-bond donors (Lipinski definition) is 2. The number of ether oxygens (including phenoxy) is 1. The minimum absolute atomic E-state index is 0.147. The number of hydrogen-bond acceptors (Lipinski definition) is 5. The van der Waals surface area contributed by atoms with Crippen LogP contribution in [-0.4, -0.2) is 25.0 Å². The molecule has 2 N–H and O–H groups in total. The van der Waals surface area contributed by atoms with Crippen molar-refractivity contribution in [1.29, 1.82) is 0 Å². The van der Waals surface area contributed by atoms with E-state index in [0.717, 1.165) is 11.1 Å². The molecule has 7 nitrogen and oxygen atoms in total. The van der Waals surface area contributed by atoms with Crippen molar-refractivity contribution in [2.24, 2.45) is 0 Å². The number of benzene rings is 2. The van der Waals surface area contributed by atoms with Gasteiger partial charge in [-0.15, -0.1) is 0 Å². The molecule has 1 aromatic heterocycles. The second kappa shape index (κ2) is 9.47. The van der Waals surface area contributed by atoms with Gasteiger partial charge in [0.25, 0.3) is 5.91 Å². The fourth-order valence-electron chi connectivity index (χ4n) is 3.38. The fourth-order valence-corrected chi connectivity index (χ4v) is 3.38. The third kappa shape index (κ3) is 5.12. The van der Waals surface area contributed by atoms with Crippen LogP contribution in [0.5, 0.6) is 5.75 Å². The summed E-state index contributed by atoms with van der Waals surface area (Å²) in [5.41, 5.74) is 2.92. The van der Waals surface area contributed by atoms with Gasteiger partial charge in [-0.3, -0.25) is 9.59 Å². The second-order valence-corrected chi connectivity index (χ2v) is 7.34. The largest absolute Gasteiger partial charge is 0.480 e. The van der Waals surface area contributed by atoms with E-state index in [-0.39, 0.29) is 18.2 Å². The van der Waals surface area contributed by atoms with E-state index >= 15 is 0 Å². The summed E-state index contributed by atoms with van der Waals surface area (Å²) < 4.78 is 11.4. The molecule has 1 atom stereocenters. The summed E-state index contributed by atoms with van der Waals surface area (Å²) in [5.74, 6) is -0.0165. The predicted molar refractivity (Wildman–Crippen MR) is 120 cm³/mol. The smallest absolute Gasteiger partial charge is 0.336 e. The molecular formula is C24H26N2O5. The van der Waals surface area contributed by atoms with Crippen molar-refractivity contribution in [2.75, 3.05) is 12.4 Å². The maximum absolute atomic E-state index is 12.8. The highest BCUT2D eigenvalue weighted by molar-refractivity contribution is 5.96. The van der Waals surface area contributed by atoms with Crippen LogP contribution >= 0.6 is 0 Å². The zero-order valence-corrected chi connectivity index (χ0v) is 18.1. The standard InChI is InChI=1S/C24H26N2O5/c1-5-16-13-22(28)31-20-11-14(2)10-19(23(16)20)30-15(3)24(29)26-18-9-7-6-8-17(18)12-21(27)25-4/h6-11,13,15H,5,12H2,1-4H3,(H,25,27)(H,26,29). The Balaban J connectivity index is 1.87. The Morgan fingerprint density at radius 2 is 1.87 bits per heavy atom. The third-order valence-corrected chi connectivity index (χ3v) is 4.99. The van der Waals surface area contributed by atoms with Gasteiger partial charge in [0, 0.05) is 18.8 Å². The van der Waals surface area contributed by atoms with Crippen LogP contribution in [0, 0.1) is 6.92 Å². The van der Waals surface area contributed by atoms with E-state index in [1.54, 1.807) is 38.2 Å². The number of carbonyl (C=O) groups excluding carboxylic acids is 2. The molecule has 3 aromatic rings. The summed E-state index contributed by atoms with van der Waals surface area (Å²) in [4.78, 5) is 36.4. The lowest BCUT2D eigenvalue weighted by Crippen LogP contribution is -2.31. The van der Waals surface area contributed by atoms with Gasteiger partial charge < -0.3 is 19.8 Å². The monoisotopic (exact) mass is 422 g/mol. The van der Waals surface area contributed by atoms with Gasteiger partial charge >= 0.3 is 5.63 Å². The van der Waals surface area contributed by atoms with Gasteiger partial charge in [-0.2, -0.15) is 0 Å². The van der Waals surface area contributed by atoms with Crippen LogP contribution in [0.25, 0.3) is 11.0 Å². The SMILES string of the molecule is CCc1cc(=O)oc2cc(C)cc(OC(C)C(=O)Nc3ccccc3CC(=O)NC)c12. The molecule has 31 heavy (non-hydrogen) atoms. The van der Waals surface area contributed by atoms with Crippen molar-refractivity contribution < 1.29 is 18.7 Å². The number of nitrogens with one attached hydrogen (secondary N) is 2. The van der Waals surface area contributed by atoms with Crippen LogP contribution in [0.1, 0.15) is 30.5 Å². The number of rotatable bonds is 7. The van der Waals surface area contributed by atoms with Gasteiger partial charge in [0.2, 0.25) is 5.91 Å². The van der Waals surface area contributed by atoms with Crippen LogP contribution in [0.3, 0.4) is 0 Å². The molecule has 7 heteroatoms. The highest BCUT2D eigenvalue weighted by Gasteiger charge is 2.20. The van der Waals surface area contributed by atoms with Gasteiger partial charge in [-0.25, -0.2) is 4.79 Å². The normalized spacial score (nSPS) is 11.7. The summed E-state index contributed by atoms with van der Waals surface area (Å²) in [7, 11) is 1.57. The molecule has 1 heterocycles. The average molecular weight is 422 g/mol. The Hall–Kier alpha value is -3.61. The summed E-state index contributed by atoms with van der Waals surface area (Å²) in [6, 6.07) is 12.2. The number of aryl methyl sites for hydroxylation is 2. The molecule has 162 valence electrons. The highest BCUT2D eigenvalue weighted by atomic mass is 16.5. The topological polar surface area (TPSA) is 97.6 Å². The van der Waals surface area contributed by atoms with Crippen LogP contribution in [0.15, 0.2) is 51.7 Å². The Morgan fingerprint density at radius 1 is 1.13 bits per heavy atom. The molecule has 0 fully saturated rings. The molecule has 0 aliphatic heterocycles. The zero-order chi connectivity index (χ0) is 22.5. The van der Waals surface area contributed by atoms with Crippen molar-refractivity contribution in [2.45, 2.75) is 39.7 Å². The highest BCUT2D eigenvalue weighted by Crippen LogP contribution is 2.31. The molecule has 0 saturated heterocycles. The predicted octanol–water partition coefficient (Wildman–Crippen LogP) is 3.36. The van der Waals surface area contributed by atoms with Crippen molar-refractivity contribution in [1.82, 2.24) is 5.32 Å². The molecule has 3 rings (SSSR count). The van der Waals surface area contributed by atoms with E-state index in [0.29, 0.717) is 34.4 Å². The van der Waals surface area contributed by atoms with Crippen LogP contribution in [-0.2, 0) is 22.4 Å². The average Bonchev–Trinajstić information content (AvgIpc) is 2.73. The van der Waals surface area contributed by atoms with Crippen molar-refractivity contribution in [3.05, 3.63) is 69.6 Å². The lowest BCUT2D eigenvalue weighted by atomic mass is 10.0. The lowest BCUT2D eigenvalue weighted by Gasteiger charge is -2.18. The van der Waals surface area contributed by atoms with Crippen molar-refractivity contribution >= 4 is 28.5 Å². The first kappa shape index (κ1) is 22.1. The first-order valence-electron chi connectivity index (χ1n) is 10.2. The van der Waals surface area contributed by atoms with E-state index in [9.17, 15) is 14.4 Å². The Bertz CT molecular complexity index is 1180. The fraction of sp³-hybridized carbons (Fsp3) is 0.292. The number of carbonyl (C=O) groups is 2. The van der Waals surface area contributed by atoms with E-state index in [2.05, 4.69) is 10.6 Å². The van der Waals surface area contributed by atoms with Gasteiger partial charge in [0.1, 0.15) is 11.3 Å². The maximum Gasteiger partial charge on any atom is 0.336 e. The summed E-state index contributed by atoms with van der Waals surface area (Å²) in [5, 5.41) is 6.11. The quantitative estimate of drug-likeness (QED) is 0.569. The number of likely N-dealkylation sites (N-methyl/N-ethyl adjacent to an activating group) is 1. The number of para-hydroxylation sites is 1. The van der Waals surface area contributed by atoms with E-state index in [4.69, 9.17) is 9.15 Å². The molecule has 0 radical (unpaired) electrons. The molecular weight excluding hydrogens is 396 g/mol. The summed E-state index contributed by atoms with van der Waals surface area (Å²) in [6.45, 7) is 5.46. The number of fused-ring (bicyclic) bond motifs is 1. The molecule has 2 amide bonds. The molecule has 0 bridgehead atoms. The Kier molecular flexibility index (Phi) is 6.74. The maximum atomic E-state index is 12.8. The van der Waals surface area contributed by atoms with E-state index in [1.807, 2.05) is 26.0 Å². The van der Waals surface area contributed by atoms with Crippen LogP contribution in [0.4, 0.5) is 5.69 Å². The van der Waals surface area contributed by atoms with Gasteiger partial charge in [-0.05, 0) is 55.2 Å². The minimum Gasteiger partial charge on any atom is -0.480 e.